The molecule has 3 aromatic rings. The van der Waals surface area contributed by atoms with E-state index in [9.17, 15) is 14.7 Å². The minimum atomic E-state index is -0.353. The van der Waals surface area contributed by atoms with Gasteiger partial charge in [0, 0.05) is 36.2 Å². The number of phenols is 1. The summed E-state index contributed by atoms with van der Waals surface area (Å²) in [6.07, 6.45) is 5.13. The van der Waals surface area contributed by atoms with E-state index in [1.54, 1.807) is 30.3 Å². The molecular weight excluding hydrogens is 584 g/mol. The standard InChI is InChI=1S/C34H42N8O4/c1-2-19-42(30-14-15-31-26(23-30)4-3-5-32(31)43)20-16-25-6-8-28(9-7-25)39-40-29-12-10-27(11-13-29)38-34(45)24-36-33(44)17-21-46-22-18-37-41-35/h3-13,30,43H,2,14-24H2,1H3,(H,36,44)(H,38,45). The molecule has 4 rings (SSSR count). The summed E-state index contributed by atoms with van der Waals surface area (Å²) in [5, 5.41) is 27.5. The number of nitrogens with one attached hydrogen (secondary N) is 2. The van der Waals surface area contributed by atoms with Crippen molar-refractivity contribution in [3.63, 3.8) is 0 Å². The van der Waals surface area contributed by atoms with Gasteiger partial charge in [0.25, 0.3) is 0 Å². The number of amides is 2. The lowest BCUT2D eigenvalue weighted by molar-refractivity contribution is -0.125. The predicted octanol–water partition coefficient (Wildman–Crippen LogP) is 6.39. The van der Waals surface area contributed by atoms with Gasteiger partial charge >= 0.3 is 0 Å². The van der Waals surface area contributed by atoms with Crippen molar-refractivity contribution in [3.8, 4) is 5.75 Å². The number of anilines is 1. The lowest BCUT2D eigenvalue weighted by Gasteiger charge is -2.35. The maximum Gasteiger partial charge on any atom is 0.243 e. The van der Waals surface area contributed by atoms with Gasteiger partial charge in [-0.05, 0) is 103 Å². The lowest BCUT2D eigenvalue weighted by atomic mass is 9.86. The number of azo groups is 1. The number of nitrogens with zero attached hydrogens (tertiary/aromatic N) is 6. The molecule has 12 heteroatoms. The number of aromatic hydroxyl groups is 1. The molecule has 0 aliphatic heterocycles. The summed E-state index contributed by atoms with van der Waals surface area (Å²) in [6.45, 7) is 4.73. The molecule has 242 valence electrons. The van der Waals surface area contributed by atoms with E-state index >= 15 is 0 Å². The monoisotopic (exact) mass is 626 g/mol. The van der Waals surface area contributed by atoms with Crippen LogP contribution in [-0.2, 0) is 33.6 Å². The molecule has 12 nitrogen and oxygen atoms in total. The Morgan fingerprint density at radius 1 is 1.00 bits per heavy atom. The van der Waals surface area contributed by atoms with Crippen LogP contribution in [0.5, 0.6) is 5.75 Å². The Bertz CT molecular complexity index is 1500. The molecular formula is C34H42N8O4. The topological polar surface area (TPSA) is 164 Å². The van der Waals surface area contributed by atoms with Crippen LogP contribution in [0.4, 0.5) is 17.1 Å². The highest BCUT2D eigenvalue weighted by Crippen LogP contribution is 2.31. The van der Waals surface area contributed by atoms with Crippen LogP contribution < -0.4 is 10.6 Å². The molecule has 1 aliphatic rings. The van der Waals surface area contributed by atoms with E-state index in [4.69, 9.17) is 10.3 Å². The Balaban J connectivity index is 1.18. The van der Waals surface area contributed by atoms with E-state index in [1.165, 1.54) is 11.1 Å². The highest BCUT2D eigenvalue weighted by Gasteiger charge is 2.25. The molecule has 1 atom stereocenters. The van der Waals surface area contributed by atoms with Crippen LogP contribution in [0, 0.1) is 0 Å². The molecule has 0 saturated carbocycles. The third-order valence-corrected chi connectivity index (χ3v) is 7.83. The van der Waals surface area contributed by atoms with Crippen LogP contribution in [0.2, 0.25) is 0 Å². The van der Waals surface area contributed by atoms with E-state index in [0.29, 0.717) is 23.2 Å². The summed E-state index contributed by atoms with van der Waals surface area (Å²) < 4.78 is 5.18. The first-order valence-electron chi connectivity index (χ1n) is 15.7. The Kier molecular flexibility index (Phi) is 13.5. The molecule has 3 aromatic carbocycles. The Morgan fingerprint density at radius 3 is 2.46 bits per heavy atom. The fourth-order valence-corrected chi connectivity index (χ4v) is 5.46. The van der Waals surface area contributed by atoms with Gasteiger partial charge in [-0.1, -0.05) is 36.3 Å². The van der Waals surface area contributed by atoms with Crippen molar-refractivity contribution >= 4 is 28.9 Å². The fraction of sp³-hybridized carbons (Fsp3) is 0.412. The third kappa shape index (κ3) is 11.0. The number of benzene rings is 3. The zero-order chi connectivity index (χ0) is 32.6. The van der Waals surface area contributed by atoms with E-state index in [-0.39, 0.29) is 44.5 Å². The summed E-state index contributed by atoms with van der Waals surface area (Å²) in [4.78, 5) is 29.2. The minimum absolute atomic E-state index is 0.104. The molecule has 0 heterocycles. The van der Waals surface area contributed by atoms with Gasteiger partial charge in [0.1, 0.15) is 5.75 Å². The van der Waals surface area contributed by atoms with Crippen LogP contribution >= 0.6 is 0 Å². The number of carbonyl (C=O) groups excluding carboxylic acids is 2. The zero-order valence-corrected chi connectivity index (χ0v) is 26.3. The summed E-state index contributed by atoms with van der Waals surface area (Å²) >= 11 is 0. The van der Waals surface area contributed by atoms with E-state index in [1.807, 2.05) is 18.2 Å². The number of hydrogen-bond donors (Lipinski definition) is 3. The van der Waals surface area contributed by atoms with Crippen molar-refractivity contribution in [2.45, 2.75) is 51.5 Å². The van der Waals surface area contributed by atoms with Crippen molar-refractivity contribution in [3.05, 3.63) is 93.9 Å². The fourth-order valence-electron chi connectivity index (χ4n) is 5.46. The molecule has 0 saturated heterocycles. The number of hydrogen-bond acceptors (Lipinski definition) is 8. The number of phenolic OH excluding ortho intramolecular Hbond substituents is 1. The molecule has 1 unspecified atom stereocenters. The zero-order valence-electron chi connectivity index (χ0n) is 26.3. The smallest absolute Gasteiger partial charge is 0.243 e. The van der Waals surface area contributed by atoms with Crippen molar-refractivity contribution in [1.29, 1.82) is 0 Å². The van der Waals surface area contributed by atoms with Crippen LogP contribution in [0.15, 0.2) is 82.1 Å². The van der Waals surface area contributed by atoms with Crippen molar-refractivity contribution < 1.29 is 19.4 Å². The number of rotatable bonds is 17. The molecule has 2 amide bonds. The summed E-state index contributed by atoms with van der Waals surface area (Å²) in [5.41, 5.74) is 13.8. The average Bonchev–Trinajstić information content (AvgIpc) is 3.07. The number of azide groups is 1. The van der Waals surface area contributed by atoms with Gasteiger partial charge in [-0.25, -0.2) is 0 Å². The maximum atomic E-state index is 12.2. The van der Waals surface area contributed by atoms with Crippen LogP contribution in [0.3, 0.4) is 0 Å². The quantitative estimate of drug-likeness (QED) is 0.0683. The van der Waals surface area contributed by atoms with Crippen molar-refractivity contribution in [1.82, 2.24) is 10.2 Å². The summed E-state index contributed by atoms with van der Waals surface area (Å²) in [5.74, 6) is -0.236. The largest absolute Gasteiger partial charge is 0.508 e. The molecule has 1 aliphatic carbocycles. The average molecular weight is 627 g/mol. The van der Waals surface area contributed by atoms with Crippen LogP contribution in [0.1, 0.15) is 42.9 Å². The first-order chi connectivity index (χ1) is 22.4. The van der Waals surface area contributed by atoms with Crippen molar-refractivity contribution in [2.75, 3.05) is 44.7 Å². The molecule has 46 heavy (non-hydrogen) atoms. The second-order valence-electron chi connectivity index (χ2n) is 11.2. The van der Waals surface area contributed by atoms with E-state index in [0.717, 1.165) is 56.4 Å². The van der Waals surface area contributed by atoms with Crippen LogP contribution in [-0.4, -0.2) is 67.3 Å². The van der Waals surface area contributed by atoms with Gasteiger partial charge in [-0.3, -0.25) is 14.5 Å². The Morgan fingerprint density at radius 2 is 1.74 bits per heavy atom. The second kappa shape index (κ2) is 18.3. The second-order valence-corrected chi connectivity index (χ2v) is 11.2. The molecule has 0 bridgehead atoms. The van der Waals surface area contributed by atoms with Crippen LogP contribution in [0.25, 0.3) is 10.4 Å². The third-order valence-electron chi connectivity index (χ3n) is 7.83. The first kappa shape index (κ1) is 34.1. The molecule has 0 fully saturated rings. The molecule has 0 radical (unpaired) electrons. The molecule has 0 spiro atoms. The van der Waals surface area contributed by atoms with Gasteiger partial charge in [-0.2, -0.15) is 10.2 Å². The normalized spacial score (nSPS) is 14.1. The summed E-state index contributed by atoms with van der Waals surface area (Å²) in [6, 6.07) is 21.5. The SMILES string of the molecule is CCCN(CCc1ccc(N=Nc2ccc(NC(=O)CNC(=O)CCOCCN=[N+]=[N-])cc2)cc1)C1CCc2c(O)cccc2C1. The van der Waals surface area contributed by atoms with Gasteiger partial charge in [0.05, 0.1) is 31.1 Å². The highest BCUT2D eigenvalue weighted by molar-refractivity contribution is 5.94. The number of ether oxygens (including phenoxy) is 1. The Labute approximate surface area is 269 Å². The van der Waals surface area contributed by atoms with Gasteiger partial charge in [-0.15, -0.1) is 0 Å². The van der Waals surface area contributed by atoms with E-state index < -0.39 is 0 Å². The minimum Gasteiger partial charge on any atom is -0.508 e. The molecule has 0 aromatic heterocycles. The highest BCUT2D eigenvalue weighted by atomic mass is 16.5. The van der Waals surface area contributed by atoms with Gasteiger partial charge < -0.3 is 20.5 Å². The maximum absolute atomic E-state index is 12.2. The number of fused-ring (bicyclic) bond motifs is 1. The first-order valence-corrected chi connectivity index (χ1v) is 15.7. The molecule has 3 N–H and O–H groups in total. The van der Waals surface area contributed by atoms with E-state index in [2.05, 4.69) is 60.9 Å². The lowest BCUT2D eigenvalue weighted by Crippen LogP contribution is -2.41. The summed E-state index contributed by atoms with van der Waals surface area (Å²) in [7, 11) is 0. The Hall–Kier alpha value is -4.77. The van der Waals surface area contributed by atoms with Crippen molar-refractivity contribution in [2.24, 2.45) is 15.3 Å². The van der Waals surface area contributed by atoms with Gasteiger partial charge in [0.2, 0.25) is 11.8 Å². The number of carbonyl (C=O) groups is 2. The van der Waals surface area contributed by atoms with Gasteiger partial charge in [0.15, 0.2) is 0 Å². The predicted molar refractivity (Wildman–Crippen MR) is 178 cm³/mol.